The third kappa shape index (κ3) is 2.94. The van der Waals surface area contributed by atoms with E-state index in [0.29, 0.717) is 11.6 Å². The van der Waals surface area contributed by atoms with Gasteiger partial charge in [0.05, 0.1) is 23.1 Å². The van der Waals surface area contributed by atoms with Crippen LogP contribution < -0.4 is 5.43 Å². The minimum Gasteiger partial charge on any atom is -0.450 e. The zero-order chi connectivity index (χ0) is 20.1. The molecule has 1 aromatic heterocycles. The molecule has 0 saturated carbocycles. The molecule has 2 aliphatic rings. The maximum absolute atomic E-state index is 14.7. The number of hydrogen-bond acceptors (Lipinski definition) is 4. The third-order valence-electron chi connectivity index (χ3n) is 5.55. The molecule has 0 spiro atoms. The van der Waals surface area contributed by atoms with Crippen molar-refractivity contribution >= 4 is 28.5 Å². The minimum absolute atomic E-state index is 0.0453. The summed E-state index contributed by atoms with van der Waals surface area (Å²) in [6.07, 6.45) is 1.56. The fourth-order valence-electron chi connectivity index (χ4n) is 4.21. The molecule has 0 radical (unpaired) electrons. The number of benzene rings is 2. The van der Waals surface area contributed by atoms with Gasteiger partial charge in [-0.25, -0.2) is 4.39 Å². The van der Waals surface area contributed by atoms with Crippen LogP contribution >= 0.6 is 11.6 Å². The van der Waals surface area contributed by atoms with E-state index < -0.39 is 17.8 Å². The Morgan fingerprint density at radius 3 is 2.76 bits per heavy atom. The molecular weight excluding hydrogens is 397 g/mol. The molecule has 3 heterocycles. The van der Waals surface area contributed by atoms with E-state index in [1.54, 1.807) is 30.3 Å². The van der Waals surface area contributed by atoms with Crippen molar-refractivity contribution in [2.75, 3.05) is 13.2 Å². The van der Waals surface area contributed by atoms with Crippen LogP contribution in [-0.4, -0.2) is 30.1 Å². The highest BCUT2D eigenvalue weighted by Crippen LogP contribution is 2.39. The van der Waals surface area contributed by atoms with Crippen molar-refractivity contribution in [3.8, 4) is 0 Å². The lowest BCUT2D eigenvalue weighted by molar-refractivity contribution is 0.0483. The molecule has 5 rings (SSSR count). The van der Waals surface area contributed by atoms with Crippen molar-refractivity contribution in [3.05, 3.63) is 80.4 Å². The number of hydrogen-bond donors (Lipinski definition) is 0. The summed E-state index contributed by atoms with van der Waals surface area (Å²) in [6, 6.07) is 9.96. The largest absolute Gasteiger partial charge is 0.450 e. The summed E-state index contributed by atoms with van der Waals surface area (Å²) in [7, 11) is 0. The maximum Gasteiger partial charge on any atom is 0.291 e. The van der Waals surface area contributed by atoms with Crippen molar-refractivity contribution in [1.82, 2.24) is 4.90 Å². The average Bonchev–Trinajstić information content (AvgIpc) is 3.31. The standard InChI is InChI=1S/C22H17ClFNO4/c23-12-7-8-17-15(10-12)20(26)18-19(14-5-1-2-6-16(14)24)25(22(27)21(18)29-17)11-13-4-3-9-28-13/h1-2,5-8,10,13,19H,3-4,9,11H2. The molecule has 5 nitrogen and oxygen atoms in total. The van der Waals surface area contributed by atoms with Crippen molar-refractivity contribution < 1.29 is 18.3 Å². The first-order valence-corrected chi connectivity index (χ1v) is 9.85. The van der Waals surface area contributed by atoms with E-state index in [-0.39, 0.29) is 45.9 Å². The Hall–Kier alpha value is -2.70. The molecule has 2 atom stereocenters. The van der Waals surface area contributed by atoms with Crippen LogP contribution in [0, 0.1) is 5.82 Å². The normalized spacial score (nSPS) is 21.2. The first-order valence-electron chi connectivity index (χ1n) is 9.48. The predicted octanol–water partition coefficient (Wildman–Crippen LogP) is 4.31. The Labute approximate surface area is 170 Å². The second kappa shape index (κ2) is 6.97. The number of carbonyl (C=O) groups is 1. The molecule has 2 aromatic carbocycles. The van der Waals surface area contributed by atoms with Crippen LogP contribution in [0.2, 0.25) is 5.02 Å². The molecular formula is C22H17ClFNO4. The number of nitrogens with zero attached hydrogens (tertiary/aromatic N) is 1. The summed E-state index contributed by atoms with van der Waals surface area (Å²) in [6.45, 7) is 0.891. The average molecular weight is 414 g/mol. The lowest BCUT2D eigenvalue weighted by atomic mass is 9.98. The summed E-state index contributed by atoms with van der Waals surface area (Å²) in [5.74, 6) is -0.963. The Bertz CT molecular complexity index is 1190. The Balaban J connectivity index is 1.74. The Morgan fingerprint density at radius 2 is 2.00 bits per heavy atom. The zero-order valence-corrected chi connectivity index (χ0v) is 16.1. The highest BCUT2D eigenvalue weighted by Gasteiger charge is 2.44. The Morgan fingerprint density at radius 1 is 1.17 bits per heavy atom. The number of halogens is 2. The van der Waals surface area contributed by atoms with Gasteiger partial charge < -0.3 is 14.1 Å². The quantitative estimate of drug-likeness (QED) is 0.642. The lowest BCUT2D eigenvalue weighted by Crippen LogP contribution is -2.36. The van der Waals surface area contributed by atoms with Gasteiger partial charge in [0.15, 0.2) is 5.43 Å². The van der Waals surface area contributed by atoms with Crippen LogP contribution in [0.5, 0.6) is 0 Å². The van der Waals surface area contributed by atoms with Crippen LogP contribution in [0.15, 0.2) is 51.7 Å². The van der Waals surface area contributed by atoms with E-state index in [1.807, 2.05) is 0 Å². The number of fused-ring (bicyclic) bond motifs is 2. The van der Waals surface area contributed by atoms with E-state index in [4.69, 9.17) is 20.8 Å². The van der Waals surface area contributed by atoms with Crippen LogP contribution in [0.1, 0.15) is 40.6 Å². The van der Waals surface area contributed by atoms with E-state index >= 15 is 0 Å². The van der Waals surface area contributed by atoms with Gasteiger partial charge in [-0.1, -0.05) is 29.8 Å². The van der Waals surface area contributed by atoms with Crippen LogP contribution in [0.25, 0.3) is 11.0 Å². The van der Waals surface area contributed by atoms with E-state index in [2.05, 4.69) is 0 Å². The fourth-order valence-corrected chi connectivity index (χ4v) is 4.38. The lowest BCUT2D eigenvalue weighted by Gasteiger charge is -2.27. The van der Waals surface area contributed by atoms with Gasteiger partial charge in [0, 0.05) is 23.7 Å². The molecule has 29 heavy (non-hydrogen) atoms. The molecule has 0 bridgehead atoms. The summed E-state index contributed by atoms with van der Waals surface area (Å²) < 4.78 is 26.2. The third-order valence-corrected chi connectivity index (χ3v) is 5.79. The first kappa shape index (κ1) is 18.3. The summed E-state index contributed by atoms with van der Waals surface area (Å²) >= 11 is 6.06. The topological polar surface area (TPSA) is 59.8 Å². The van der Waals surface area contributed by atoms with Gasteiger partial charge >= 0.3 is 0 Å². The molecule has 148 valence electrons. The van der Waals surface area contributed by atoms with Gasteiger partial charge in [-0.05, 0) is 37.1 Å². The molecule has 0 aliphatic carbocycles. The van der Waals surface area contributed by atoms with E-state index in [1.165, 1.54) is 17.0 Å². The van der Waals surface area contributed by atoms with Gasteiger partial charge in [-0.15, -0.1) is 0 Å². The SMILES string of the molecule is O=C1c2oc3ccc(Cl)cc3c(=O)c2C(c2ccccc2F)N1CC1CCCO1. The number of ether oxygens (including phenoxy) is 1. The van der Waals surface area contributed by atoms with Gasteiger partial charge in [0.25, 0.3) is 5.91 Å². The van der Waals surface area contributed by atoms with Crippen molar-refractivity contribution in [1.29, 1.82) is 0 Å². The number of amides is 1. The maximum atomic E-state index is 14.7. The van der Waals surface area contributed by atoms with Gasteiger partial charge in [-0.3, -0.25) is 9.59 Å². The number of rotatable bonds is 3. The second-order valence-corrected chi connectivity index (χ2v) is 7.77. The molecule has 7 heteroatoms. The molecule has 1 saturated heterocycles. The zero-order valence-electron chi connectivity index (χ0n) is 15.4. The smallest absolute Gasteiger partial charge is 0.291 e. The summed E-state index contributed by atoms with van der Waals surface area (Å²) in [4.78, 5) is 28.1. The number of carbonyl (C=O) groups excluding carboxylic acids is 1. The summed E-state index contributed by atoms with van der Waals surface area (Å²) in [5, 5.41) is 0.650. The molecule has 2 aliphatic heterocycles. The van der Waals surface area contributed by atoms with Gasteiger partial charge in [0.1, 0.15) is 11.4 Å². The van der Waals surface area contributed by atoms with Crippen molar-refractivity contribution in [2.24, 2.45) is 0 Å². The highest BCUT2D eigenvalue weighted by molar-refractivity contribution is 6.31. The molecule has 1 fully saturated rings. The summed E-state index contributed by atoms with van der Waals surface area (Å²) in [5.41, 5.74) is 0.303. The second-order valence-electron chi connectivity index (χ2n) is 7.33. The minimum atomic E-state index is -0.873. The van der Waals surface area contributed by atoms with Crippen molar-refractivity contribution in [2.45, 2.75) is 25.0 Å². The van der Waals surface area contributed by atoms with E-state index in [9.17, 15) is 14.0 Å². The monoisotopic (exact) mass is 413 g/mol. The fraction of sp³-hybridized carbons (Fsp3) is 0.273. The van der Waals surface area contributed by atoms with Crippen LogP contribution in [0.4, 0.5) is 4.39 Å². The predicted molar refractivity (Wildman–Crippen MR) is 106 cm³/mol. The molecule has 1 amide bonds. The molecule has 2 unspecified atom stereocenters. The van der Waals surface area contributed by atoms with Crippen LogP contribution in [-0.2, 0) is 4.74 Å². The highest BCUT2D eigenvalue weighted by atomic mass is 35.5. The first-order chi connectivity index (χ1) is 14.0. The van der Waals surface area contributed by atoms with Gasteiger partial charge in [0.2, 0.25) is 5.76 Å². The Kier molecular flexibility index (Phi) is 4.41. The van der Waals surface area contributed by atoms with E-state index in [0.717, 1.165) is 12.8 Å². The van der Waals surface area contributed by atoms with Crippen LogP contribution in [0.3, 0.4) is 0 Å². The van der Waals surface area contributed by atoms with Crippen molar-refractivity contribution in [3.63, 3.8) is 0 Å². The molecule has 0 N–H and O–H groups in total. The van der Waals surface area contributed by atoms with Gasteiger partial charge in [-0.2, -0.15) is 0 Å². The molecule has 3 aromatic rings.